The largest absolute Gasteiger partial charge is 0.353 e. The van der Waals surface area contributed by atoms with Crippen LogP contribution in [0.25, 0.3) is 0 Å². The van der Waals surface area contributed by atoms with Gasteiger partial charge in [-0.3, -0.25) is 14.5 Å². The molecule has 1 saturated heterocycles. The van der Waals surface area contributed by atoms with Gasteiger partial charge in [0, 0.05) is 13.2 Å². The average Bonchev–Trinajstić information content (AvgIpc) is 3.01. The summed E-state index contributed by atoms with van der Waals surface area (Å²) < 4.78 is 11.5. The van der Waals surface area contributed by atoms with Crippen molar-refractivity contribution in [2.75, 3.05) is 13.2 Å². The molecule has 2 heterocycles. The summed E-state index contributed by atoms with van der Waals surface area (Å²) in [6, 6.07) is 6.82. The number of imide groups is 1. The van der Waals surface area contributed by atoms with Crippen LogP contribution in [0.3, 0.4) is 0 Å². The van der Waals surface area contributed by atoms with Crippen LogP contribution in [0.2, 0.25) is 0 Å². The van der Waals surface area contributed by atoms with Gasteiger partial charge in [0.2, 0.25) is 0 Å². The second-order valence-electron chi connectivity index (χ2n) is 8.74. The topological polar surface area (TPSA) is 55.8 Å². The molecule has 0 aliphatic carbocycles. The number of carbonyl (C=O) groups excluding carboxylic acids is 2. The number of carbonyl (C=O) groups is 2. The summed E-state index contributed by atoms with van der Waals surface area (Å²) in [6.07, 6.45) is 10.7. The van der Waals surface area contributed by atoms with E-state index in [4.69, 9.17) is 9.47 Å². The van der Waals surface area contributed by atoms with E-state index >= 15 is 0 Å². The lowest BCUT2D eigenvalue weighted by molar-refractivity contribution is -0.163. The van der Waals surface area contributed by atoms with Crippen molar-refractivity contribution in [3.8, 4) is 0 Å². The van der Waals surface area contributed by atoms with Gasteiger partial charge in [0.05, 0.1) is 17.2 Å². The van der Waals surface area contributed by atoms with Gasteiger partial charge in [0.15, 0.2) is 6.29 Å². The van der Waals surface area contributed by atoms with Crippen molar-refractivity contribution < 1.29 is 19.1 Å². The molecule has 1 fully saturated rings. The molecule has 0 bridgehead atoms. The molecule has 31 heavy (non-hydrogen) atoms. The van der Waals surface area contributed by atoms with E-state index in [0.717, 1.165) is 45.1 Å². The number of rotatable bonds is 10. The van der Waals surface area contributed by atoms with Crippen molar-refractivity contribution >= 4 is 11.8 Å². The summed E-state index contributed by atoms with van der Waals surface area (Å²) in [5, 5.41) is 0. The summed E-state index contributed by atoms with van der Waals surface area (Å²) in [5.74, 6) is -0.397. The Morgan fingerprint density at radius 2 is 1.87 bits per heavy atom. The summed E-state index contributed by atoms with van der Waals surface area (Å²) in [5.41, 5.74) is 3.49. The summed E-state index contributed by atoms with van der Waals surface area (Å²) in [7, 11) is 0. The molecule has 0 N–H and O–H groups in total. The second kappa shape index (κ2) is 11.4. The van der Waals surface area contributed by atoms with E-state index in [1.54, 1.807) is 24.3 Å². The number of benzene rings is 1. The number of nitrogens with zero attached hydrogens (tertiary/aromatic N) is 1. The molecule has 3 rings (SSSR count). The predicted octanol–water partition coefficient (Wildman–Crippen LogP) is 5.67. The third kappa shape index (κ3) is 6.37. The number of amides is 2. The number of allylic oxidation sites excluding steroid dienone is 3. The van der Waals surface area contributed by atoms with Crippen molar-refractivity contribution in [1.82, 2.24) is 4.90 Å². The quantitative estimate of drug-likeness (QED) is 0.275. The molecular formula is C26H35NO4. The molecule has 5 heteroatoms. The first kappa shape index (κ1) is 23.4. The van der Waals surface area contributed by atoms with Crippen molar-refractivity contribution in [2.45, 2.75) is 78.0 Å². The molecular weight excluding hydrogens is 390 g/mol. The zero-order chi connectivity index (χ0) is 22.2. The maximum Gasteiger partial charge on any atom is 0.262 e. The Hall–Kier alpha value is -2.24. The highest BCUT2D eigenvalue weighted by Gasteiger charge is 2.38. The summed E-state index contributed by atoms with van der Waals surface area (Å²) in [4.78, 5) is 27.5. The Labute approximate surface area is 186 Å². The Kier molecular flexibility index (Phi) is 8.61. The Bertz CT molecular complexity index is 797. The maximum atomic E-state index is 13.0. The van der Waals surface area contributed by atoms with Gasteiger partial charge in [-0.2, -0.15) is 0 Å². The van der Waals surface area contributed by atoms with Gasteiger partial charge >= 0.3 is 0 Å². The lowest BCUT2D eigenvalue weighted by atomic mass is 10.0. The molecule has 1 aromatic carbocycles. The van der Waals surface area contributed by atoms with E-state index in [0.29, 0.717) is 24.2 Å². The minimum atomic E-state index is -0.269. The zero-order valence-corrected chi connectivity index (χ0v) is 19.1. The van der Waals surface area contributed by atoms with E-state index in [1.807, 2.05) is 0 Å². The molecule has 2 unspecified atom stereocenters. The first-order valence-electron chi connectivity index (χ1n) is 11.5. The number of hydrogen-bond acceptors (Lipinski definition) is 4. The van der Waals surface area contributed by atoms with Crippen molar-refractivity contribution in [3.05, 3.63) is 58.7 Å². The van der Waals surface area contributed by atoms with E-state index in [2.05, 4.69) is 32.9 Å². The lowest BCUT2D eigenvalue weighted by Crippen LogP contribution is -2.39. The Morgan fingerprint density at radius 1 is 1.16 bits per heavy atom. The summed E-state index contributed by atoms with van der Waals surface area (Å²) in [6.45, 7) is 7.59. The maximum absolute atomic E-state index is 13.0. The van der Waals surface area contributed by atoms with Crippen LogP contribution in [0.5, 0.6) is 0 Å². The fourth-order valence-electron chi connectivity index (χ4n) is 4.15. The minimum Gasteiger partial charge on any atom is -0.353 e. The highest BCUT2D eigenvalue weighted by atomic mass is 16.7. The van der Waals surface area contributed by atoms with E-state index < -0.39 is 0 Å². The number of hydrogen-bond donors (Lipinski definition) is 0. The van der Waals surface area contributed by atoms with Gasteiger partial charge in [0.25, 0.3) is 11.8 Å². The number of ether oxygens (including phenoxy) is 2. The van der Waals surface area contributed by atoms with Crippen molar-refractivity contribution in [3.63, 3.8) is 0 Å². The molecule has 0 saturated carbocycles. The molecule has 0 spiro atoms. The summed E-state index contributed by atoms with van der Waals surface area (Å²) >= 11 is 0. The smallest absolute Gasteiger partial charge is 0.262 e. The Balaban J connectivity index is 1.67. The van der Waals surface area contributed by atoms with E-state index in [-0.39, 0.29) is 24.1 Å². The molecule has 0 aromatic heterocycles. The third-order valence-electron chi connectivity index (χ3n) is 5.81. The molecule has 2 atom stereocenters. The van der Waals surface area contributed by atoms with Crippen LogP contribution in [0.1, 0.15) is 86.4 Å². The fraction of sp³-hybridized carbons (Fsp3) is 0.538. The van der Waals surface area contributed by atoms with Crippen LogP contribution in [0, 0.1) is 0 Å². The van der Waals surface area contributed by atoms with Gasteiger partial charge in [0.1, 0.15) is 0 Å². The first-order chi connectivity index (χ1) is 15.0. The van der Waals surface area contributed by atoms with Gasteiger partial charge in [-0.15, -0.1) is 0 Å². The van der Waals surface area contributed by atoms with Crippen LogP contribution in [0.4, 0.5) is 0 Å². The van der Waals surface area contributed by atoms with Crippen molar-refractivity contribution in [2.24, 2.45) is 0 Å². The molecule has 2 amide bonds. The molecule has 2 aliphatic rings. The molecule has 5 nitrogen and oxygen atoms in total. The Morgan fingerprint density at radius 3 is 2.48 bits per heavy atom. The van der Waals surface area contributed by atoms with Crippen LogP contribution in [0.15, 0.2) is 47.6 Å². The van der Waals surface area contributed by atoms with Crippen molar-refractivity contribution in [1.29, 1.82) is 0 Å². The normalized spacial score (nSPS) is 20.0. The SMILES string of the molecule is CC(C)=CCC/C(C)=C/C(CCCOC1CCCCO1)N1C(=O)c2ccccc2C1=O. The lowest BCUT2D eigenvalue weighted by Gasteiger charge is -2.26. The molecule has 168 valence electrons. The molecule has 1 aromatic rings. The zero-order valence-electron chi connectivity index (χ0n) is 19.1. The first-order valence-corrected chi connectivity index (χ1v) is 11.5. The molecule has 0 radical (unpaired) electrons. The number of fused-ring (bicyclic) bond motifs is 1. The van der Waals surface area contributed by atoms with E-state index in [9.17, 15) is 9.59 Å². The van der Waals surface area contributed by atoms with E-state index in [1.165, 1.54) is 16.0 Å². The standard InChI is InChI=1S/C26H35NO4/c1-19(2)10-8-11-20(3)18-21(12-9-17-31-24-15-6-7-16-30-24)27-25(28)22-13-4-5-14-23(22)26(27)29/h4-5,10,13-14,18,21,24H,6-9,11-12,15-17H2,1-3H3/b20-18+. The molecule has 2 aliphatic heterocycles. The fourth-order valence-corrected chi connectivity index (χ4v) is 4.15. The van der Waals surface area contributed by atoms with Gasteiger partial charge < -0.3 is 9.47 Å². The minimum absolute atomic E-state index is 0.118. The van der Waals surface area contributed by atoms with Crippen LogP contribution < -0.4 is 0 Å². The highest BCUT2D eigenvalue weighted by Crippen LogP contribution is 2.27. The van der Waals surface area contributed by atoms with Gasteiger partial charge in [-0.1, -0.05) is 35.4 Å². The van der Waals surface area contributed by atoms with Gasteiger partial charge in [-0.25, -0.2) is 0 Å². The predicted molar refractivity (Wildman–Crippen MR) is 122 cm³/mol. The van der Waals surface area contributed by atoms with Gasteiger partial charge in [-0.05, 0) is 77.8 Å². The third-order valence-corrected chi connectivity index (χ3v) is 5.81. The van der Waals surface area contributed by atoms with Crippen LogP contribution >= 0.6 is 0 Å². The highest BCUT2D eigenvalue weighted by molar-refractivity contribution is 6.21. The van der Waals surface area contributed by atoms with Crippen LogP contribution in [-0.2, 0) is 9.47 Å². The monoisotopic (exact) mass is 425 g/mol. The second-order valence-corrected chi connectivity index (χ2v) is 8.74. The average molecular weight is 426 g/mol. The van der Waals surface area contributed by atoms with Crippen LogP contribution in [-0.4, -0.2) is 42.3 Å².